The number of hydrogen-bond donors (Lipinski definition) is 2. The highest BCUT2D eigenvalue weighted by atomic mass is 16.5. The van der Waals surface area contributed by atoms with Crippen molar-refractivity contribution >= 4 is 0 Å². The third-order valence-electron chi connectivity index (χ3n) is 2.77. The van der Waals surface area contributed by atoms with E-state index >= 15 is 0 Å². The Morgan fingerprint density at radius 1 is 1.38 bits per heavy atom. The fourth-order valence-corrected chi connectivity index (χ4v) is 1.66. The van der Waals surface area contributed by atoms with Crippen LogP contribution in [0.25, 0.3) is 0 Å². The molecule has 0 spiro atoms. The summed E-state index contributed by atoms with van der Waals surface area (Å²) < 4.78 is 5.55. The normalized spacial score (nSPS) is 30.0. The van der Waals surface area contributed by atoms with Crippen molar-refractivity contribution in [1.29, 1.82) is 0 Å². The molecule has 4 unspecified atom stereocenters. The Hall–Kier alpha value is -0.120. The van der Waals surface area contributed by atoms with Crippen LogP contribution in [-0.2, 0) is 4.74 Å². The zero-order valence-electron chi connectivity index (χ0n) is 8.79. The summed E-state index contributed by atoms with van der Waals surface area (Å²) >= 11 is 0. The lowest BCUT2D eigenvalue weighted by molar-refractivity contribution is 0.0680. The summed E-state index contributed by atoms with van der Waals surface area (Å²) in [6.45, 7) is 6.81. The maximum absolute atomic E-state index is 9.31. The summed E-state index contributed by atoms with van der Waals surface area (Å²) in [5, 5.41) is 12.7. The standard InChI is InChI=1S/C10H21NO2/c1-7(9(3)12)11-8(2)10-5-4-6-13-10/h7-12H,4-6H2,1-3H3. The third kappa shape index (κ3) is 3.25. The first-order chi connectivity index (χ1) is 6.11. The van der Waals surface area contributed by atoms with Crippen molar-refractivity contribution in [2.24, 2.45) is 0 Å². The first kappa shape index (κ1) is 11.0. The van der Waals surface area contributed by atoms with Gasteiger partial charge in [-0.25, -0.2) is 0 Å². The smallest absolute Gasteiger partial charge is 0.0726 e. The number of hydrogen-bond acceptors (Lipinski definition) is 3. The highest BCUT2D eigenvalue weighted by molar-refractivity contribution is 4.80. The van der Waals surface area contributed by atoms with E-state index in [0.717, 1.165) is 13.0 Å². The summed E-state index contributed by atoms with van der Waals surface area (Å²) in [4.78, 5) is 0. The number of aliphatic hydroxyl groups is 1. The topological polar surface area (TPSA) is 41.5 Å². The molecule has 3 nitrogen and oxygen atoms in total. The van der Waals surface area contributed by atoms with Gasteiger partial charge in [0.1, 0.15) is 0 Å². The molecule has 0 bridgehead atoms. The van der Waals surface area contributed by atoms with Gasteiger partial charge in [0.2, 0.25) is 0 Å². The van der Waals surface area contributed by atoms with Gasteiger partial charge in [0.15, 0.2) is 0 Å². The van der Waals surface area contributed by atoms with Crippen LogP contribution in [-0.4, -0.2) is 36.0 Å². The van der Waals surface area contributed by atoms with Crippen molar-refractivity contribution in [3.63, 3.8) is 0 Å². The van der Waals surface area contributed by atoms with Crippen molar-refractivity contribution < 1.29 is 9.84 Å². The van der Waals surface area contributed by atoms with Crippen LogP contribution in [0.2, 0.25) is 0 Å². The minimum Gasteiger partial charge on any atom is -0.392 e. The SMILES string of the molecule is CC(O)C(C)NC(C)C1CCCO1. The Bertz CT molecular complexity index is 144. The molecule has 0 saturated carbocycles. The minimum atomic E-state index is -0.302. The molecule has 4 atom stereocenters. The van der Waals surface area contributed by atoms with E-state index in [1.54, 1.807) is 6.92 Å². The molecule has 2 N–H and O–H groups in total. The quantitative estimate of drug-likeness (QED) is 0.687. The van der Waals surface area contributed by atoms with Gasteiger partial charge in [-0.2, -0.15) is 0 Å². The molecule has 0 radical (unpaired) electrons. The number of ether oxygens (including phenoxy) is 1. The molecule has 0 aromatic rings. The summed E-state index contributed by atoms with van der Waals surface area (Å²) in [7, 11) is 0. The monoisotopic (exact) mass is 187 g/mol. The molecule has 1 rings (SSSR count). The maximum Gasteiger partial charge on any atom is 0.0726 e. The molecule has 1 heterocycles. The van der Waals surface area contributed by atoms with Crippen LogP contribution in [0.3, 0.4) is 0 Å². The van der Waals surface area contributed by atoms with Crippen LogP contribution in [0.5, 0.6) is 0 Å². The summed E-state index contributed by atoms with van der Waals surface area (Å²) in [5.41, 5.74) is 0. The van der Waals surface area contributed by atoms with Crippen LogP contribution < -0.4 is 5.32 Å². The average Bonchev–Trinajstić information content (AvgIpc) is 2.55. The Balaban J connectivity index is 2.26. The van der Waals surface area contributed by atoms with E-state index in [2.05, 4.69) is 12.2 Å². The second-order valence-electron chi connectivity index (χ2n) is 4.04. The van der Waals surface area contributed by atoms with Crippen molar-refractivity contribution in [1.82, 2.24) is 5.32 Å². The van der Waals surface area contributed by atoms with Gasteiger partial charge in [0.05, 0.1) is 12.2 Å². The van der Waals surface area contributed by atoms with Crippen molar-refractivity contribution in [2.45, 2.75) is 57.9 Å². The Morgan fingerprint density at radius 2 is 2.08 bits per heavy atom. The molecule has 1 aliphatic heterocycles. The molecule has 1 aliphatic rings. The molecule has 0 aromatic heterocycles. The average molecular weight is 187 g/mol. The largest absolute Gasteiger partial charge is 0.392 e. The van der Waals surface area contributed by atoms with E-state index in [0.29, 0.717) is 12.1 Å². The van der Waals surface area contributed by atoms with Crippen molar-refractivity contribution in [3.05, 3.63) is 0 Å². The van der Waals surface area contributed by atoms with Crippen molar-refractivity contribution in [2.75, 3.05) is 6.61 Å². The molecule has 3 heteroatoms. The van der Waals surface area contributed by atoms with Crippen molar-refractivity contribution in [3.8, 4) is 0 Å². The maximum atomic E-state index is 9.31. The lowest BCUT2D eigenvalue weighted by atomic mass is 10.1. The molecular formula is C10H21NO2. The van der Waals surface area contributed by atoms with Crippen LogP contribution in [0.4, 0.5) is 0 Å². The van der Waals surface area contributed by atoms with Gasteiger partial charge in [-0.3, -0.25) is 0 Å². The first-order valence-electron chi connectivity index (χ1n) is 5.17. The van der Waals surface area contributed by atoms with Gasteiger partial charge in [0.25, 0.3) is 0 Å². The summed E-state index contributed by atoms with van der Waals surface area (Å²) in [6, 6.07) is 0.478. The van der Waals surface area contributed by atoms with Crippen LogP contribution in [0.1, 0.15) is 33.6 Å². The predicted molar refractivity (Wildman–Crippen MR) is 52.7 cm³/mol. The van der Waals surface area contributed by atoms with E-state index < -0.39 is 0 Å². The zero-order valence-corrected chi connectivity index (χ0v) is 8.79. The number of nitrogens with one attached hydrogen (secondary N) is 1. The Morgan fingerprint density at radius 3 is 2.54 bits per heavy atom. The fraction of sp³-hybridized carbons (Fsp3) is 1.00. The van der Waals surface area contributed by atoms with E-state index in [4.69, 9.17) is 4.74 Å². The van der Waals surface area contributed by atoms with Gasteiger partial charge < -0.3 is 15.2 Å². The molecule has 1 saturated heterocycles. The first-order valence-corrected chi connectivity index (χ1v) is 5.17. The molecule has 0 aliphatic carbocycles. The third-order valence-corrected chi connectivity index (χ3v) is 2.77. The molecular weight excluding hydrogens is 166 g/mol. The van der Waals surface area contributed by atoms with Gasteiger partial charge in [-0.1, -0.05) is 0 Å². The molecule has 1 fully saturated rings. The molecule has 0 amide bonds. The Kier molecular flexibility index (Phi) is 4.16. The van der Waals surface area contributed by atoms with Crippen LogP contribution in [0, 0.1) is 0 Å². The van der Waals surface area contributed by atoms with Gasteiger partial charge in [-0.15, -0.1) is 0 Å². The van der Waals surface area contributed by atoms with Gasteiger partial charge >= 0.3 is 0 Å². The van der Waals surface area contributed by atoms with E-state index in [-0.39, 0.29) is 12.1 Å². The van der Waals surface area contributed by atoms with E-state index in [9.17, 15) is 5.11 Å². The van der Waals surface area contributed by atoms with Gasteiger partial charge in [0, 0.05) is 18.7 Å². The predicted octanol–water partition coefficient (Wildman–Crippen LogP) is 0.913. The van der Waals surface area contributed by atoms with Gasteiger partial charge in [-0.05, 0) is 33.6 Å². The lowest BCUT2D eigenvalue weighted by Gasteiger charge is -2.25. The fourth-order valence-electron chi connectivity index (χ4n) is 1.66. The van der Waals surface area contributed by atoms with Crippen LogP contribution >= 0.6 is 0 Å². The highest BCUT2D eigenvalue weighted by Gasteiger charge is 2.24. The minimum absolute atomic E-state index is 0.138. The van der Waals surface area contributed by atoms with E-state index in [1.165, 1.54) is 6.42 Å². The second kappa shape index (κ2) is 4.94. The lowest BCUT2D eigenvalue weighted by Crippen LogP contribution is -2.46. The second-order valence-corrected chi connectivity index (χ2v) is 4.04. The Labute approximate surface area is 80.5 Å². The van der Waals surface area contributed by atoms with Crippen LogP contribution in [0.15, 0.2) is 0 Å². The zero-order chi connectivity index (χ0) is 9.84. The highest BCUT2D eigenvalue weighted by Crippen LogP contribution is 2.15. The molecule has 78 valence electrons. The number of rotatable bonds is 4. The summed E-state index contributed by atoms with van der Waals surface area (Å²) in [6.07, 6.45) is 2.34. The molecule has 0 aromatic carbocycles. The molecule has 13 heavy (non-hydrogen) atoms. The van der Waals surface area contributed by atoms with E-state index in [1.807, 2.05) is 6.92 Å². The number of aliphatic hydroxyl groups excluding tert-OH is 1. The summed E-state index contributed by atoms with van der Waals surface area (Å²) in [5.74, 6) is 0.